The van der Waals surface area contributed by atoms with Crippen molar-refractivity contribution < 1.29 is 14.3 Å². The molecule has 3 nitrogen and oxygen atoms in total. The van der Waals surface area contributed by atoms with Gasteiger partial charge in [0.05, 0.1) is 12.7 Å². The summed E-state index contributed by atoms with van der Waals surface area (Å²) < 4.78 is 4.40. The predicted molar refractivity (Wildman–Crippen MR) is 41.1 cm³/mol. The van der Waals surface area contributed by atoms with Crippen molar-refractivity contribution in [3.63, 3.8) is 0 Å². The minimum absolute atomic E-state index is 0.134. The van der Waals surface area contributed by atoms with Crippen LogP contribution in [0, 0.1) is 0 Å². The summed E-state index contributed by atoms with van der Waals surface area (Å²) >= 11 is 0. The molecule has 0 spiro atoms. The van der Waals surface area contributed by atoms with E-state index in [0.717, 1.165) is 0 Å². The fourth-order valence-corrected chi connectivity index (χ4v) is 0.693. The van der Waals surface area contributed by atoms with Crippen molar-refractivity contribution >= 4 is 11.8 Å². The van der Waals surface area contributed by atoms with Crippen LogP contribution in [0.25, 0.3) is 0 Å². The average molecular weight is 156 g/mol. The highest BCUT2D eigenvalue weighted by Gasteiger charge is 2.14. The van der Waals surface area contributed by atoms with Gasteiger partial charge < -0.3 is 4.74 Å². The zero-order valence-corrected chi connectivity index (χ0v) is 7.01. The summed E-state index contributed by atoms with van der Waals surface area (Å²) in [6, 6.07) is 0. The number of hydrogen-bond acceptors (Lipinski definition) is 3. The molecule has 0 aliphatic rings. The quantitative estimate of drug-likeness (QED) is 0.266. The lowest BCUT2D eigenvalue weighted by atomic mass is 10.1. The molecule has 62 valence electrons. The van der Waals surface area contributed by atoms with E-state index in [1.807, 2.05) is 0 Å². The Morgan fingerprint density at radius 3 is 2.27 bits per heavy atom. The zero-order valence-electron chi connectivity index (χ0n) is 7.01. The van der Waals surface area contributed by atoms with Crippen molar-refractivity contribution in [2.75, 3.05) is 7.11 Å². The summed E-state index contributed by atoms with van der Waals surface area (Å²) in [4.78, 5) is 21.8. The normalized spacial score (nSPS) is 11.0. The molecule has 0 saturated carbocycles. The number of rotatable bonds is 3. The van der Waals surface area contributed by atoms with Crippen LogP contribution in [-0.4, -0.2) is 18.9 Å². The summed E-state index contributed by atoms with van der Waals surface area (Å²) in [6.07, 6.45) is 1.80. The lowest BCUT2D eigenvalue weighted by molar-refractivity contribution is -0.137. The summed E-state index contributed by atoms with van der Waals surface area (Å²) in [7, 11) is 1.26. The van der Waals surface area contributed by atoms with Crippen molar-refractivity contribution in [3.05, 3.63) is 11.6 Å². The molecule has 0 aromatic carbocycles. The number of hydrogen-bond donors (Lipinski definition) is 0. The maximum absolute atomic E-state index is 11.0. The van der Waals surface area contributed by atoms with Crippen LogP contribution in [0.5, 0.6) is 0 Å². The fraction of sp³-hybridized carbons (Fsp3) is 0.500. The molecule has 3 heteroatoms. The first kappa shape index (κ1) is 9.88. The predicted octanol–water partition coefficient (Wildman–Crippen LogP) is 1.08. The molecular weight excluding hydrogens is 144 g/mol. The molecule has 0 unspecified atom stereocenters. The average Bonchev–Trinajstić information content (AvgIpc) is 2.05. The lowest BCUT2D eigenvalue weighted by Crippen LogP contribution is -2.13. The van der Waals surface area contributed by atoms with Crippen LogP contribution in [0.4, 0.5) is 0 Å². The highest BCUT2D eigenvalue weighted by Crippen LogP contribution is 2.01. The molecule has 0 heterocycles. The van der Waals surface area contributed by atoms with E-state index in [0.29, 0.717) is 6.42 Å². The first-order chi connectivity index (χ1) is 5.17. The van der Waals surface area contributed by atoms with Gasteiger partial charge in [0.2, 0.25) is 0 Å². The second-order valence-electron chi connectivity index (χ2n) is 1.97. The van der Waals surface area contributed by atoms with Crippen molar-refractivity contribution in [3.8, 4) is 0 Å². The molecule has 0 saturated heterocycles. The second-order valence-corrected chi connectivity index (χ2v) is 1.97. The van der Waals surface area contributed by atoms with Gasteiger partial charge in [-0.2, -0.15) is 0 Å². The Morgan fingerprint density at radius 1 is 1.45 bits per heavy atom. The van der Waals surface area contributed by atoms with Crippen LogP contribution in [0.15, 0.2) is 11.6 Å². The van der Waals surface area contributed by atoms with E-state index in [9.17, 15) is 9.59 Å². The molecule has 0 bridgehead atoms. The minimum Gasteiger partial charge on any atom is -0.465 e. The molecule has 0 aromatic rings. The molecule has 0 aromatic heterocycles. The molecule has 0 atom stereocenters. The molecule has 0 rings (SSSR count). The van der Waals surface area contributed by atoms with Crippen molar-refractivity contribution in [2.45, 2.75) is 20.3 Å². The number of ketones is 1. The van der Waals surface area contributed by atoms with Gasteiger partial charge in [0.1, 0.15) is 0 Å². The highest BCUT2D eigenvalue weighted by atomic mass is 16.5. The van der Waals surface area contributed by atoms with E-state index < -0.39 is 5.97 Å². The SMILES string of the molecule is CC=C(C(=O)CC)C(=O)OC. The van der Waals surface area contributed by atoms with Gasteiger partial charge >= 0.3 is 5.97 Å². The molecule has 0 radical (unpaired) electrons. The Hall–Kier alpha value is -1.12. The highest BCUT2D eigenvalue weighted by molar-refractivity contribution is 6.17. The van der Waals surface area contributed by atoms with Crippen LogP contribution in [0.3, 0.4) is 0 Å². The van der Waals surface area contributed by atoms with Crippen LogP contribution < -0.4 is 0 Å². The number of carbonyl (C=O) groups is 2. The third-order valence-corrected chi connectivity index (χ3v) is 1.32. The molecule has 11 heavy (non-hydrogen) atoms. The van der Waals surface area contributed by atoms with E-state index in [1.165, 1.54) is 13.2 Å². The monoisotopic (exact) mass is 156 g/mol. The van der Waals surface area contributed by atoms with Gasteiger partial charge in [0.25, 0.3) is 0 Å². The minimum atomic E-state index is -0.556. The standard InChI is InChI=1S/C8H12O3/c1-4-6(7(9)5-2)8(10)11-3/h4H,5H2,1-3H3. The molecule has 0 aliphatic carbocycles. The van der Waals surface area contributed by atoms with Gasteiger partial charge in [-0.1, -0.05) is 13.0 Å². The molecule has 0 N–H and O–H groups in total. The smallest absolute Gasteiger partial charge is 0.341 e. The largest absolute Gasteiger partial charge is 0.465 e. The molecule has 0 amide bonds. The first-order valence-electron chi connectivity index (χ1n) is 3.45. The molecule has 0 aliphatic heterocycles. The number of allylic oxidation sites excluding steroid dienone is 1. The number of carbonyl (C=O) groups excluding carboxylic acids is 2. The maximum atomic E-state index is 11.0. The van der Waals surface area contributed by atoms with Gasteiger partial charge in [-0.15, -0.1) is 0 Å². The number of esters is 1. The van der Waals surface area contributed by atoms with Crippen LogP contribution in [0.1, 0.15) is 20.3 Å². The number of methoxy groups -OCH3 is 1. The fourth-order valence-electron chi connectivity index (χ4n) is 0.693. The Balaban J connectivity index is 4.43. The Labute approximate surface area is 66.0 Å². The van der Waals surface area contributed by atoms with Crippen molar-refractivity contribution in [2.24, 2.45) is 0 Å². The van der Waals surface area contributed by atoms with E-state index >= 15 is 0 Å². The topological polar surface area (TPSA) is 43.4 Å². The Bertz CT molecular complexity index is 174. The summed E-state index contributed by atoms with van der Waals surface area (Å²) in [5.41, 5.74) is 0.134. The van der Waals surface area contributed by atoms with Gasteiger partial charge in [0, 0.05) is 6.42 Å². The van der Waals surface area contributed by atoms with E-state index in [-0.39, 0.29) is 11.4 Å². The molecule has 0 fully saturated rings. The summed E-state index contributed by atoms with van der Waals surface area (Å²) in [6.45, 7) is 3.34. The van der Waals surface area contributed by atoms with E-state index in [4.69, 9.17) is 0 Å². The van der Waals surface area contributed by atoms with E-state index in [2.05, 4.69) is 4.74 Å². The summed E-state index contributed by atoms with van der Waals surface area (Å²) in [5.74, 6) is -0.737. The van der Waals surface area contributed by atoms with Crippen LogP contribution in [0.2, 0.25) is 0 Å². The van der Waals surface area contributed by atoms with Crippen LogP contribution in [-0.2, 0) is 14.3 Å². The third-order valence-electron chi connectivity index (χ3n) is 1.32. The van der Waals surface area contributed by atoms with Gasteiger partial charge in [-0.05, 0) is 6.92 Å². The lowest BCUT2D eigenvalue weighted by Gasteiger charge is -2.00. The van der Waals surface area contributed by atoms with Crippen molar-refractivity contribution in [1.29, 1.82) is 0 Å². The van der Waals surface area contributed by atoms with Crippen molar-refractivity contribution in [1.82, 2.24) is 0 Å². The number of ether oxygens (including phenoxy) is 1. The summed E-state index contributed by atoms with van der Waals surface area (Å²) in [5, 5.41) is 0. The molecular formula is C8H12O3. The van der Waals surface area contributed by atoms with Gasteiger partial charge in [-0.25, -0.2) is 4.79 Å². The van der Waals surface area contributed by atoms with E-state index in [1.54, 1.807) is 13.8 Å². The zero-order chi connectivity index (χ0) is 8.85. The van der Waals surface area contributed by atoms with Gasteiger partial charge in [0.15, 0.2) is 5.78 Å². The first-order valence-corrected chi connectivity index (χ1v) is 3.45. The van der Waals surface area contributed by atoms with Gasteiger partial charge in [-0.3, -0.25) is 4.79 Å². The van der Waals surface area contributed by atoms with Crippen LogP contribution >= 0.6 is 0 Å². The Kier molecular flexibility index (Phi) is 4.18. The maximum Gasteiger partial charge on any atom is 0.341 e. The third kappa shape index (κ3) is 2.53. The number of Topliss-reactive ketones (excluding diaryl/α,β-unsaturated/α-hetero) is 1. The second kappa shape index (κ2) is 4.66. The Morgan fingerprint density at radius 2 is 2.00 bits per heavy atom.